The third kappa shape index (κ3) is 4.02. The fourth-order valence-electron chi connectivity index (χ4n) is 0.0891. The Morgan fingerprint density at radius 2 is 2.17 bits per heavy atom. The molecule has 36 valence electrons. The summed E-state index contributed by atoms with van der Waals surface area (Å²) in [5, 5.41) is 1.46. The van der Waals surface area contributed by atoms with Gasteiger partial charge in [0.2, 0.25) is 0 Å². The van der Waals surface area contributed by atoms with E-state index in [9.17, 15) is 3.89 Å². The third-order valence-corrected chi connectivity index (χ3v) is 0.841. The number of hydrogen-bond donors (Lipinski definition) is 0. The van der Waals surface area contributed by atoms with Gasteiger partial charge in [-0.25, -0.2) is 0 Å². The molecule has 0 saturated heterocycles. The minimum absolute atomic E-state index is 0.248. The van der Waals surface area contributed by atoms with Crippen LogP contribution in [0.4, 0.5) is 3.89 Å². The van der Waals surface area contributed by atoms with Crippen LogP contribution in [0.3, 0.4) is 0 Å². The van der Waals surface area contributed by atoms with E-state index in [1.807, 2.05) is 13.8 Å². The Morgan fingerprint density at radius 1 is 1.67 bits per heavy atom. The molecule has 0 aromatic rings. The molecule has 0 unspecified atom stereocenters. The lowest BCUT2D eigenvalue weighted by molar-refractivity contribution is 0.946. The summed E-state index contributed by atoms with van der Waals surface area (Å²) in [5.74, 6) is 0. The van der Waals surface area contributed by atoms with Crippen LogP contribution in [0.2, 0.25) is 0 Å². The number of halogens is 1. The molecule has 0 aliphatic rings. The van der Waals surface area contributed by atoms with Gasteiger partial charge in [-0.15, -0.1) is 0 Å². The summed E-state index contributed by atoms with van der Waals surface area (Å²) in [6, 6.07) is 0. The van der Waals surface area contributed by atoms with Crippen molar-refractivity contribution in [2.75, 3.05) is 0 Å². The molecule has 0 amide bonds. The average Bonchev–Trinajstić information content (AvgIpc) is 1.35. The smallest absolute Gasteiger partial charge is 0.0731 e. The summed E-state index contributed by atoms with van der Waals surface area (Å²) >= 11 is 0.248. The van der Waals surface area contributed by atoms with Crippen molar-refractivity contribution in [1.29, 1.82) is 0 Å². The van der Waals surface area contributed by atoms with Crippen molar-refractivity contribution in [3.8, 4) is 0 Å². The quantitative estimate of drug-likeness (QED) is 0.495. The fraction of sp³-hybridized carbons (Fsp3) is 0.500. The van der Waals surface area contributed by atoms with Crippen molar-refractivity contribution in [2.24, 2.45) is 0 Å². The first-order valence-corrected chi connectivity index (χ1v) is 2.46. The highest BCUT2D eigenvalue weighted by atomic mass is 32.2. The van der Waals surface area contributed by atoms with Crippen molar-refractivity contribution in [3.05, 3.63) is 11.0 Å². The SMILES string of the molecule is CC(C)=CSF. The Bertz CT molecular complexity index is 54.6. The maximum atomic E-state index is 11.1. The molecule has 0 aromatic heterocycles. The van der Waals surface area contributed by atoms with Crippen molar-refractivity contribution < 1.29 is 3.89 Å². The van der Waals surface area contributed by atoms with Gasteiger partial charge in [0.05, 0.1) is 12.1 Å². The van der Waals surface area contributed by atoms with Crippen LogP contribution in [0.15, 0.2) is 11.0 Å². The lowest BCUT2D eigenvalue weighted by Crippen LogP contribution is -1.52. The summed E-state index contributed by atoms with van der Waals surface area (Å²) in [4.78, 5) is 0. The second-order valence-corrected chi connectivity index (χ2v) is 1.70. The zero-order valence-corrected chi connectivity index (χ0v) is 4.68. The molecule has 0 bridgehead atoms. The molecule has 6 heavy (non-hydrogen) atoms. The molecule has 0 fully saturated rings. The van der Waals surface area contributed by atoms with E-state index >= 15 is 0 Å². The second-order valence-electron chi connectivity index (χ2n) is 1.28. The molecular formula is C4H7FS. The van der Waals surface area contributed by atoms with Crippen LogP contribution in [0.5, 0.6) is 0 Å². The van der Waals surface area contributed by atoms with Crippen LogP contribution < -0.4 is 0 Å². The minimum Gasteiger partial charge on any atom is -0.160 e. The Balaban J connectivity index is 3.14. The number of allylic oxidation sites excluding steroid dienone is 1. The molecule has 0 aliphatic carbocycles. The van der Waals surface area contributed by atoms with Gasteiger partial charge in [-0.3, -0.25) is 0 Å². The van der Waals surface area contributed by atoms with E-state index in [-0.39, 0.29) is 12.1 Å². The zero-order chi connectivity index (χ0) is 4.99. The van der Waals surface area contributed by atoms with E-state index in [4.69, 9.17) is 0 Å². The van der Waals surface area contributed by atoms with Gasteiger partial charge in [0.25, 0.3) is 0 Å². The summed E-state index contributed by atoms with van der Waals surface area (Å²) < 4.78 is 11.1. The number of hydrogen-bond acceptors (Lipinski definition) is 1. The first kappa shape index (κ1) is 6.02. The maximum Gasteiger partial charge on any atom is 0.0731 e. The monoisotopic (exact) mass is 106 g/mol. The van der Waals surface area contributed by atoms with Crippen LogP contribution in [-0.2, 0) is 0 Å². The second kappa shape index (κ2) is 3.22. The largest absolute Gasteiger partial charge is 0.160 e. The predicted octanol–water partition coefficient (Wildman–Crippen LogP) is 2.53. The van der Waals surface area contributed by atoms with E-state index in [0.29, 0.717) is 0 Å². The number of rotatable bonds is 1. The van der Waals surface area contributed by atoms with E-state index in [0.717, 1.165) is 5.57 Å². The Hall–Kier alpha value is 0.0200. The van der Waals surface area contributed by atoms with Crippen molar-refractivity contribution in [3.63, 3.8) is 0 Å². The minimum atomic E-state index is 0.248. The van der Waals surface area contributed by atoms with Crippen LogP contribution in [0, 0.1) is 0 Å². The first-order valence-electron chi connectivity index (χ1n) is 1.68. The normalized spacial score (nSPS) is 7.83. The Labute approximate surface area is 41.7 Å². The van der Waals surface area contributed by atoms with Gasteiger partial charge in [-0.1, -0.05) is 5.57 Å². The molecule has 0 heterocycles. The van der Waals surface area contributed by atoms with E-state index in [1.165, 1.54) is 5.41 Å². The molecule has 0 spiro atoms. The van der Waals surface area contributed by atoms with Gasteiger partial charge >= 0.3 is 0 Å². The first-order chi connectivity index (χ1) is 2.77. The highest BCUT2D eigenvalue weighted by molar-refractivity contribution is 7.97. The molecular weight excluding hydrogens is 99.1 g/mol. The molecule has 2 heteroatoms. The van der Waals surface area contributed by atoms with Crippen molar-refractivity contribution >= 4 is 12.1 Å². The van der Waals surface area contributed by atoms with Crippen molar-refractivity contribution in [1.82, 2.24) is 0 Å². The van der Waals surface area contributed by atoms with Crippen LogP contribution in [-0.4, -0.2) is 0 Å². The van der Waals surface area contributed by atoms with Crippen LogP contribution in [0.25, 0.3) is 0 Å². The molecule has 0 aromatic carbocycles. The lowest BCUT2D eigenvalue weighted by Gasteiger charge is -1.76. The van der Waals surface area contributed by atoms with Gasteiger partial charge in [-0.05, 0) is 13.8 Å². The van der Waals surface area contributed by atoms with Crippen LogP contribution in [0.1, 0.15) is 13.8 Å². The van der Waals surface area contributed by atoms with Gasteiger partial charge < -0.3 is 0 Å². The fourth-order valence-corrected chi connectivity index (χ4v) is 0.267. The highest BCUT2D eigenvalue weighted by Gasteiger charge is 1.71. The van der Waals surface area contributed by atoms with Gasteiger partial charge in [-0.2, -0.15) is 3.89 Å². The summed E-state index contributed by atoms with van der Waals surface area (Å²) in [6.45, 7) is 3.71. The summed E-state index contributed by atoms with van der Waals surface area (Å²) in [5.41, 5.74) is 1.00. The Morgan fingerprint density at radius 3 is 2.17 bits per heavy atom. The average molecular weight is 106 g/mol. The Kier molecular flexibility index (Phi) is 3.23. The molecule has 0 N–H and O–H groups in total. The molecule has 0 nitrogen and oxygen atoms in total. The van der Waals surface area contributed by atoms with Gasteiger partial charge in [0.1, 0.15) is 0 Å². The predicted molar refractivity (Wildman–Crippen MR) is 28.1 cm³/mol. The van der Waals surface area contributed by atoms with Crippen molar-refractivity contribution in [2.45, 2.75) is 13.8 Å². The molecule has 0 radical (unpaired) electrons. The third-order valence-electron chi connectivity index (χ3n) is 0.280. The summed E-state index contributed by atoms with van der Waals surface area (Å²) in [6.07, 6.45) is 0. The van der Waals surface area contributed by atoms with Gasteiger partial charge in [0.15, 0.2) is 0 Å². The summed E-state index contributed by atoms with van der Waals surface area (Å²) in [7, 11) is 0. The topological polar surface area (TPSA) is 0 Å². The lowest BCUT2D eigenvalue weighted by atomic mass is 10.4. The molecule has 0 aliphatic heterocycles. The molecule has 0 saturated carbocycles. The van der Waals surface area contributed by atoms with E-state index < -0.39 is 0 Å². The van der Waals surface area contributed by atoms with Gasteiger partial charge in [0, 0.05) is 5.41 Å². The molecule has 0 atom stereocenters. The van der Waals surface area contributed by atoms with E-state index in [1.54, 1.807) is 0 Å². The van der Waals surface area contributed by atoms with E-state index in [2.05, 4.69) is 0 Å². The van der Waals surface area contributed by atoms with Crippen LogP contribution >= 0.6 is 12.1 Å². The maximum absolute atomic E-state index is 11.1. The molecule has 0 rings (SSSR count). The zero-order valence-electron chi connectivity index (χ0n) is 3.86. The standard InChI is InChI=1S/C4H7FS/c1-4(2)3-6-5/h3H,1-2H3. The highest BCUT2D eigenvalue weighted by Crippen LogP contribution is 2.04.